The molecule has 2 rings (SSSR count). The van der Waals surface area contributed by atoms with E-state index in [0.717, 1.165) is 17.5 Å². The number of carboxylic acid groups (broad SMARTS) is 1. The van der Waals surface area contributed by atoms with Crippen LogP contribution in [0, 0.1) is 5.82 Å². The van der Waals surface area contributed by atoms with E-state index in [1.165, 1.54) is 6.07 Å². The Balaban J connectivity index is 2.35. The molecule has 0 spiro atoms. The van der Waals surface area contributed by atoms with Crippen molar-refractivity contribution in [2.24, 2.45) is 0 Å². The molecular weight excluding hydrogens is 233 g/mol. The maximum Gasteiger partial charge on any atom is 0.323 e. The van der Waals surface area contributed by atoms with E-state index in [2.05, 4.69) is 0 Å². The van der Waals surface area contributed by atoms with Crippen LogP contribution in [0.5, 0.6) is 0 Å². The lowest BCUT2D eigenvalue weighted by Gasteiger charge is -2.36. The highest BCUT2D eigenvalue weighted by atomic mass is 19.1. The first-order valence-corrected chi connectivity index (χ1v) is 6.09. The number of hydrogen-bond donors (Lipinski definition) is 1. The molecule has 1 atom stereocenters. The van der Waals surface area contributed by atoms with E-state index in [1.54, 1.807) is 27.0 Å². The van der Waals surface area contributed by atoms with Crippen LogP contribution >= 0.6 is 0 Å². The SMILES string of the molecule is CN(C1CCc2c(F)cccc21)C(C)(C)C(=O)O. The van der Waals surface area contributed by atoms with E-state index in [-0.39, 0.29) is 11.9 Å². The predicted molar refractivity (Wildman–Crippen MR) is 66.9 cm³/mol. The summed E-state index contributed by atoms with van der Waals surface area (Å²) in [6.45, 7) is 3.35. The summed E-state index contributed by atoms with van der Waals surface area (Å²) in [6.07, 6.45) is 1.44. The van der Waals surface area contributed by atoms with Crippen molar-refractivity contribution in [3.8, 4) is 0 Å². The summed E-state index contributed by atoms with van der Waals surface area (Å²) in [5.74, 6) is -1.05. The van der Waals surface area contributed by atoms with Crippen molar-refractivity contribution in [1.82, 2.24) is 4.90 Å². The van der Waals surface area contributed by atoms with Crippen LogP contribution < -0.4 is 0 Å². The Morgan fingerprint density at radius 2 is 2.17 bits per heavy atom. The average Bonchev–Trinajstić information content (AvgIpc) is 2.73. The number of halogens is 1. The maximum absolute atomic E-state index is 13.6. The maximum atomic E-state index is 13.6. The molecule has 3 nitrogen and oxygen atoms in total. The number of carboxylic acids is 1. The van der Waals surface area contributed by atoms with E-state index in [9.17, 15) is 14.3 Å². The average molecular weight is 251 g/mol. The van der Waals surface area contributed by atoms with Gasteiger partial charge in [-0.1, -0.05) is 12.1 Å². The third-order valence-electron chi connectivity index (χ3n) is 4.05. The first kappa shape index (κ1) is 13.0. The zero-order valence-corrected chi connectivity index (χ0v) is 10.9. The highest BCUT2D eigenvalue weighted by Crippen LogP contribution is 2.39. The van der Waals surface area contributed by atoms with Crippen molar-refractivity contribution in [2.45, 2.75) is 38.3 Å². The van der Waals surface area contributed by atoms with Crippen molar-refractivity contribution in [3.63, 3.8) is 0 Å². The second-order valence-electron chi connectivity index (χ2n) is 5.34. The number of carbonyl (C=O) groups is 1. The summed E-state index contributed by atoms with van der Waals surface area (Å²) in [5.41, 5.74) is 0.695. The summed E-state index contributed by atoms with van der Waals surface area (Å²) in [6, 6.07) is 5.02. The van der Waals surface area contributed by atoms with Gasteiger partial charge >= 0.3 is 5.97 Å². The number of aliphatic carboxylic acids is 1. The second kappa shape index (κ2) is 4.35. The monoisotopic (exact) mass is 251 g/mol. The van der Waals surface area contributed by atoms with Gasteiger partial charge in [0.25, 0.3) is 0 Å². The molecule has 0 radical (unpaired) electrons. The van der Waals surface area contributed by atoms with Gasteiger partial charge in [-0.2, -0.15) is 0 Å². The van der Waals surface area contributed by atoms with E-state index < -0.39 is 11.5 Å². The Bertz CT molecular complexity index is 485. The molecule has 1 unspecified atom stereocenters. The molecule has 0 amide bonds. The fourth-order valence-corrected chi connectivity index (χ4v) is 2.53. The molecule has 1 aromatic carbocycles. The number of likely N-dealkylation sites (N-methyl/N-ethyl adjacent to an activating group) is 1. The third-order valence-corrected chi connectivity index (χ3v) is 4.05. The first-order valence-electron chi connectivity index (χ1n) is 6.09. The Morgan fingerprint density at radius 3 is 2.78 bits per heavy atom. The van der Waals surface area contributed by atoms with E-state index in [0.29, 0.717) is 6.42 Å². The van der Waals surface area contributed by atoms with Crippen molar-refractivity contribution < 1.29 is 14.3 Å². The number of nitrogens with zero attached hydrogens (tertiary/aromatic N) is 1. The fraction of sp³-hybridized carbons (Fsp3) is 0.500. The predicted octanol–water partition coefficient (Wildman–Crippen LogP) is 2.61. The van der Waals surface area contributed by atoms with Crippen molar-refractivity contribution in [3.05, 3.63) is 35.1 Å². The molecule has 4 heteroatoms. The van der Waals surface area contributed by atoms with Crippen molar-refractivity contribution in [2.75, 3.05) is 7.05 Å². The summed E-state index contributed by atoms with van der Waals surface area (Å²) in [5, 5.41) is 9.26. The van der Waals surface area contributed by atoms with Gasteiger partial charge in [0.1, 0.15) is 11.4 Å². The summed E-state index contributed by atoms with van der Waals surface area (Å²) in [7, 11) is 1.79. The topological polar surface area (TPSA) is 40.5 Å². The largest absolute Gasteiger partial charge is 0.480 e. The van der Waals surface area contributed by atoms with Gasteiger partial charge < -0.3 is 5.11 Å². The van der Waals surface area contributed by atoms with Crippen LogP contribution in [0.2, 0.25) is 0 Å². The summed E-state index contributed by atoms with van der Waals surface area (Å²) >= 11 is 0. The molecule has 1 aliphatic rings. The smallest absolute Gasteiger partial charge is 0.323 e. The zero-order valence-electron chi connectivity index (χ0n) is 10.9. The van der Waals surface area contributed by atoms with Crippen LogP contribution in [0.3, 0.4) is 0 Å². The first-order chi connectivity index (χ1) is 8.35. The fourth-order valence-electron chi connectivity index (χ4n) is 2.53. The van der Waals surface area contributed by atoms with Crippen LogP contribution in [-0.2, 0) is 11.2 Å². The molecule has 0 fully saturated rings. The minimum absolute atomic E-state index is 0.0261. The Kier molecular flexibility index (Phi) is 3.15. The Hall–Kier alpha value is -1.42. The third kappa shape index (κ3) is 1.90. The van der Waals surface area contributed by atoms with E-state index in [1.807, 2.05) is 11.0 Å². The number of benzene rings is 1. The molecule has 0 bridgehead atoms. The molecule has 0 aliphatic heterocycles. The lowest BCUT2D eigenvalue weighted by atomic mass is 9.98. The molecule has 0 saturated carbocycles. The highest BCUT2D eigenvalue weighted by molar-refractivity contribution is 5.77. The zero-order chi connectivity index (χ0) is 13.5. The van der Waals surface area contributed by atoms with Gasteiger partial charge in [-0.25, -0.2) is 4.39 Å². The minimum atomic E-state index is -0.960. The molecule has 0 aromatic heterocycles. The molecule has 1 aliphatic carbocycles. The number of hydrogen-bond acceptors (Lipinski definition) is 2. The molecule has 18 heavy (non-hydrogen) atoms. The van der Waals surface area contributed by atoms with E-state index >= 15 is 0 Å². The van der Waals surface area contributed by atoms with Crippen LogP contribution in [0.15, 0.2) is 18.2 Å². The summed E-state index contributed by atoms with van der Waals surface area (Å²) < 4.78 is 13.6. The quantitative estimate of drug-likeness (QED) is 0.897. The van der Waals surface area contributed by atoms with Gasteiger partial charge in [-0.3, -0.25) is 9.69 Å². The van der Waals surface area contributed by atoms with Crippen LogP contribution in [0.25, 0.3) is 0 Å². The Morgan fingerprint density at radius 1 is 1.50 bits per heavy atom. The van der Waals surface area contributed by atoms with Crippen molar-refractivity contribution >= 4 is 5.97 Å². The van der Waals surface area contributed by atoms with E-state index in [4.69, 9.17) is 0 Å². The van der Waals surface area contributed by atoms with Gasteiger partial charge in [0, 0.05) is 6.04 Å². The van der Waals surface area contributed by atoms with Gasteiger partial charge in [-0.05, 0) is 50.9 Å². The van der Waals surface area contributed by atoms with Gasteiger partial charge in [0.15, 0.2) is 0 Å². The van der Waals surface area contributed by atoms with Gasteiger partial charge in [-0.15, -0.1) is 0 Å². The normalized spacial score (nSPS) is 19.1. The summed E-state index contributed by atoms with van der Waals surface area (Å²) in [4.78, 5) is 13.1. The molecule has 1 aromatic rings. The molecular formula is C14H18FNO2. The number of fused-ring (bicyclic) bond motifs is 1. The molecule has 0 saturated heterocycles. The van der Waals surface area contributed by atoms with Gasteiger partial charge in [0.2, 0.25) is 0 Å². The highest BCUT2D eigenvalue weighted by Gasteiger charge is 2.39. The molecule has 1 N–H and O–H groups in total. The lowest BCUT2D eigenvalue weighted by Crippen LogP contribution is -2.49. The second-order valence-corrected chi connectivity index (χ2v) is 5.34. The Labute approximate surface area is 106 Å². The molecule has 0 heterocycles. The van der Waals surface area contributed by atoms with Crippen LogP contribution in [-0.4, -0.2) is 28.6 Å². The standard InChI is InChI=1S/C14H18FNO2/c1-14(2,13(17)18)16(3)12-8-7-9-10(12)5-4-6-11(9)15/h4-6,12H,7-8H2,1-3H3,(H,17,18). The van der Waals surface area contributed by atoms with Crippen LogP contribution in [0.4, 0.5) is 4.39 Å². The van der Waals surface area contributed by atoms with Crippen LogP contribution in [0.1, 0.15) is 37.4 Å². The van der Waals surface area contributed by atoms with Gasteiger partial charge in [0.05, 0.1) is 0 Å². The van der Waals surface area contributed by atoms with Crippen molar-refractivity contribution in [1.29, 1.82) is 0 Å². The lowest BCUT2D eigenvalue weighted by molar-refractivity contribution is -0.150. The number of rotatable bonds is 3. The minimum Gasteiger partial charge on any atom is -0.480 e. The molecule has 98 valence electrons.